The van der Waals surface area contributed by atoms with Crippen molar-refractivity contribution < 1.29 is 5.11 Å². The third kappa shape index (κ3) is 2.16. The molecule has 0 saturated heterocycles. The van der Waals surface area contributed by atoms with Gasteiger partial charge in [0.05, 0.1) is 0 Å². The van der Waals surface area contributed by atoms with E-state index in [2.05, 4.69) is 33.8 Å². The van der Waals surface area contributed by atoms with Gasteiger partial charge in [-0.1, -0.05) is 25.5 Å². The maximum Gasteiger partial charge on any atom is 0.118 e. The van der Waals surface area contributed by atoms with Gasteiger partial charge in [0, 0.05) is 0 Å². The normalized spacial score (nSPS) is 12.9. The lowest BCUT2D eigenvalue weighted by Gasteiger charge is -2.14. The highest BCUT2D eigenvalue weighted by molar-refractivity contribution is 5.39. The molecule has 14 heavy (non-hydrogen) atoms. The Morgan fingerprint density at radius 3 is 2.36 bits per heavy atom. The maximum atomic E-state index is 11.8. The van der Waals surface area contributed by atoms with Gasteiger partial charge in [0.15, 0.2) is 0 Å². The summed E-state index contributed by atoms with van der Waals surface area (Å²) in [6, 6.07) is 4.04. The fourth-order valence-electron chi connectivity index (χ4n) is 1.74. The van der Waals surface area contributed by atoms with Crippen LogP contribution in [-0.4, -0.2) is 0 Å². The Labute approximate surface area is 86.8 Å². The number of hydrogen-bond acceptors (Lipinski definition) is 0. The van der Waals surface area contributed by atoms with E-state index in [1.165, 1.54) is 16.7 Å². The van der Waals surface area contributed by atoms with Crippen molar-refractivity contribution in [1.29, 1.82) is 0 Å². The number of benzene rings is 1. The summed E-state index contributed by atoms with van der Waals surface area (Å²) in [6.07, 6.45) is 1.16. The largest absolute Gasteiger partial charge is 0.228 e. The van der Waals surface area contributed by atoms with Crippen LogP contribution in [0.5, 0.6) is 0 Å². The number of hydrogen-bond donors (Lipinski definition) is 0. The van der Waals surface area contributed by atoms with Gasteiger partial charge in [-0.05, 0) is 49.4 Å². The summed E-state index contributed by atoms with van der Waals surface area (Å²) in [7, 11) is 0. The van der Waals surface area contributed by atoms with E-state index in [-0.39, 0.29) is 0 Å². The van der Waals surface area contributed by atoms with Crippen molar-refractivity contribution in [2.24, 2.45) is 0 Å². The minimum absolute atomic E-state index is 0.542. The molecule has 1 heteroatoms. The average molecular weight is 191 g/mol. The third-order valence-electron chi connectivity index (χ3n) is 3.00. The zero-order valence-corrected chi connectivity index (χ0v) is 9.55. The molecular formula is C13H19O. The molecular weight excluding hydrogens is 172 g/mol. The van der Waals surface area contributed by atoms with E-state index in [0.717, 1.165) is 18.4 Å². The zero-order chi connectivity index (χ0) is 10.7. The van der Waals surface area contributed by atoms with E-state index in [0.29, 0.717) is 0 Å². The minimum atomic E-state index is -0.542. The number of aryl methyl sites for hydroxylation is 1. The Balaban J connectivity index is 3.04. The average Bonchev–Trinajstić information content (AvgIpc) is 2.15. The van der Waals surface area contributed by atoms with Crippen LogP contribution >= 0.6 is 0 Å². The molecule has 0 aliphatic carbocycles. The second kappa shape index (κ2) is 4.61. The van der Waals surface area contributed by atoms with Crippen molar-refractivity contribution in [1.82, 2.24) is 0 Å². The summed E-state index contributed by atoms with van der Waals surface area (Å²) < 4.78 is 0. The third-order valence-corrected chi connectivity index (χ3v) is 3.00. The Morgan fingerprint density at radius 1 is 1.14 bits per heavy atom. The predicted octanol–water partition coefficient (Wildman–Crippen LogP) is 3.88. The molecule has 0 spiro atoms. The van der Waals surface area contributed by atoms with E-state index >= 15 is 0 Å². The van der Waals surface area contributed by atoms with E-state index in [4.69, 9.17) is 0 Å². The molecule has 1 nitrogen and oxygen atoms in total. The predicted molar refractivity (Wildman–Crippen MR) is 59.0 cm³/mol. The summed E-state index contributed by atoms with van der Waals surface area (Å²) in [6.45, 7) is 8.29. The fraction of sp³-hybridized carbons (Fsp3) is 0.538. The molecule has 0 amide bonds. The van der Waals surface area contributed by atoms with Gasteiger partial charge in [0.2, 0.25) is 0 Å². The van der Waals surface area contributed by atoms with Gasteiger partial charge in [0.1, 0.15) is 6.10 Å². The first kappa shape index (κ1) is 11.3. The first-order valence-corrected chi connectivity index (χ1v) is 5.30. The summed E-state index contributed by atoms with van der Waals surface area (Å²) in [5.41, 5.74) is 4.70. The van der Waals surface area contributed by atoms with Crippen molar-refractivity contribution in [3.63, 3.8) is 0 Å². The molecule has 0 aliphatic heterocycles. The molecule has 0 bridgehead atoms. The van der Waals surface area contributed by atoms with Crippen LogP contribution in [0.25, 0.3) is 0 Å². The first-order valence-electron chi connectivity index (χ1n) is 5.30. The molecule has 1 unspecified atom stereocenters. The quantitative estimate of drug-likeness (QED) is 0.691. The van der Waals surface area contributed by atoms with Crippen LogP contribution in [0.1, 0.15) is 48.1 Å². The Kier molecular flexibility index (Phi) is 3.70. The van der Waals surface area contributed by atoms with E-state index in [1.54, 1.807) is 0 Å². The van der Waals surface area contributed by atoms with Crippen LogP contribution in [0.15, 0.2) is 12.1 Å². The second-order valence-corrected chi connectivity index (χ2v) is 4.00. The summed E-state index contributed by atoms with van der Waals surface area (Å²) in [4.78, 5) is 0. The van der Waals surface area contributed by atoms with Crippen molar-refractivity contribution in [2.75, 3.05) is 0 Å². The Bertz CT molecular complexity index is 315. The van der Waals surface area contributed by atoms with E-state index in [9.17, 15) is 5.11 Å². The Hall–Kier alpha value is -0.820. The van der Waals surface area contributed by atoms with Gasteiger partial charge in [-0.15, -0.1) is 0 Å². The van der Waals surface area contributed by atoms with Crippen LogP contribution < -0.4 is 0 Å². The molecule has 1 rings (SSSR count). The lowest BCUT2D eigenvalue weighted by atomic mass is 9.94. The molecule has 0 aromatic heterocycles. The minimum Gasteiger partial charge on any atom is -0.228 e. The van der Waals surface area contributed by atoms with E-state index < -0.39 is 6.10 Å². The van der Waals surface area contributed by atoms with Gasteiger partial charge in [-0.2, -0.15) is 0 Å². The van der Waals surface area contributed by atoms with Crippen molar-refractivity contribution in [3.8, 4) is 0 Å². The lowest BCUT2D eigenvalue weighted by Crippen LogP contribution is -2.00. The molecule has 77 valence electrons. The fourth-order valence-corrected chi connectivity index (χ4v) is 1.74. The van der Waals surface area contributed by atoms with Gasteiger partial charge in [-0.3, -0.25) is 0 Å². The highest BCUT2D eigenvalue weighted by atomic mass is 16.3. The summed E-state index contributed by atoms with van der Waals surface area (Å²) in [5, 5.41) is 11.8. The van der Waals surface area contributed by atoms with E-state index in [1.807, 2.05) is 6.07 Å². The zero-order valence-electron chi connectivity index (χ0n) is 9.55. The molecule has 0 saturated carbocycles. The van der Waals surface area contributed by atoms with Crippen LogP contribution in [0, 0.1) is 20.8 Å². The summed E-state index contributed by atoms with van der Waals surface area (Å²) in [5.74, 6) is 0. The highest BCUT2D eigenvalue weighted by Gasteiger charge is 2.12. The van der Waals surface area contributed by atoms with Gasteiger partial charge in [0.25, 0.3) is 0 Å². The SMILES string of the molecule is CCCC([O])c1ccc(C)c(C)c1C. The molecule has 0 N–H and O–H groups in total. The van der Waals surface area contributed by atoms with Gasteiger partial charge >= 0.3 is 0 Å². The molecule has 1 atom stereocenters. The van der Waals surface area contributed by atoms with Crippen molar-refractivity contribution in [2.45, 2.75) is 46.6 Å². The molecule has 0 fully saturated rings. The van der Waals surface area contributed by atoms with Crippen molar-refractivity contribution in [3.05, 3.63) is 34.4 Å². The van der Waals surface area contributed by atoms with Crippen LogP contribution in [0.4, 0.5) is 0 Å². The highest BCUT2D eigenvalue weighted by Crippen LogP contribution is 2.26. The standard InChI is InChI=1S/C13H19O/c1-5-6-13(14)12-8-7-9(2)10(3)11(12)4/h7-8,13H,5-6H2,1-4H3. The van der Waals surface area contributed by atoms with Crippen molar-refractivity contribution >= 4 is 0 Å². The van der Waals surface area contributed by atoms with Crippen LogP contribution in [-0.2, 0) is 5.11 Å². The molecule has 1 radical (unpaired) electrons. The second-order valence-electron chi connectivity index (χ2n) is 4.00. The lowest BCUT2D eigenvalue weighted by molar-refractivity contribution is 0.0799. The van der Waals surface area contributed by atoms with Gasteiger partial charge in [-0.25, -0.2) is 5.11 Å². The number of rotatable bonds is 3. The molecule has 0 heterocycles. The van der Waals surface area contributed by atoms with Crippen LogP contribution in [0.2, 0.25) is 0 Å². The van der Waals surface area contributed by atoms with Crippen LogP contribution in [0.3, 0.4) is 0 Å². The molecule has 1 aromatic rings. The topological polar surface area (TPSA) is 19.9 Å². The van der Waals surface area contributed by atoms with Gasteiger partial charge < -0.3 is 0 Å². The summed E-state index contributed by atoms with van der Waals surface area (Å²) >= 11 is 0. The molecule has 0 aliphatic rings. The monoisotopic (exact) mass is 191 g/mol. The smallest absolute Gasteiger partial charge is 0.118 e. The first-order chi connectivity index (χ1) is 6.57. The Morgan fingerprint density at radius 2 is 1.79 bits per heavy atom. The molecule has 1 aromatic carbocycles. The maximum absolute atomic E-state index is 11.8.